The van der Waals surface area contributed by atoms with Crippen LogP contribution in [0.3, 0.4) is 0 Å². The Balaban J connectivity index is 1.89. The molecular formula is C23H20N2O. The van der Waals surface area contributed by atoms with Crippen LogP contribution < -0.4 is 4.74 Å². The maximum Gasteiger partial charge on any atom is 0.119 e. The van der Waals surface area contributed by atoms with Gasteiger partial charge in [-0.3, -0.25) is 4.99 Å². The van der Waals surface area contributed by atoms with Crippen LogP contribution in [0.4, 0.5) is 5.69 Å². The van der Waals surface area contributed by atoms with Crippen molar-refractivity contribution in [3.63, 3.8) is 0 Å². The minimum atomic E-state index is 0.835. The van der Waals surface area contributed by atoms with Crippen molar-refractivity contribution in [3.05, 3.63) is 83.9 Å². The van der Waals surface area contributed by atoms with E-state index in [0.717, 1.165) is 39.2 Å². The number of nitrogens with zero attached hydrogens (tertiary/aromatic N) is 1. The van der Waals surface area contributed by atoms with Crippen LogP contribution in [-0.2, 0) is 0 Å². The third-order valence-electron chi connectivity index (χ3n) is 4.45. The lowest BCUT2D eigenvalue weighted by Crippen LogP contribution is -1.86. The first-order valence-corrected chi connectivity index (χ1v) is 8.60. The van der Waals surface area contributed by atoms with Crippen molar-refractivity contribution in [2.45, 2.75) is 6.92 Å². The van der Waals surface area contributed by atoms with Gasteiger partial charge in [0.15, 0.2) is 0 Å². The number of rotatable bonds is 4. The number of aryl methyl sites for hydroxylation is 1. The van der Waals surface area contributed by atoms with Crippen LogP contribution in [0, 0.1) is 6.92 Å². The quantitative estimate of drug-likeness (QED) is 0.461. The van der Waals surface area contributed by atoms with E-state index in [1.165, 1.54) is 5.56 Å². The summed E-state index contributed by atoms with van der Waals surface area (Å²) in [6, 6.07) is 24.6. The molecule has 0 fully saturated rings. The fourth-order valence-corrected chi connectivity index (χ4v) is 3.13. The van der Waals surface area contributed by atoms with E-state index in [0.29, 0.717) is 0 Å². The molecule has 0 aliphatic carbocycles. The van der Waals surface area contributed by atoms with Crippen LogP contribution in [0.1, 0.15) is 11.1 Å². The molecule has 0 saturated heterocycles. The molecule has 1 N–H and O–H groups in total. The fraction of sp³-hybridized carbons (Fsp3) is 0.0870. The minimum absolute atomic E-state index is 0.835. The summed E-state index contributed by atoms with van der Waals surface area (Å²) in [5, 5.41) is 1.10. The third kappa shape index (κ3) is 3.11. The first kappa shape index (κ1) is 16.2. The molecule has 0 atom stereocenters. The van der Waals surface area contributed by atoms with E-state index in [4.69, 9.17) is 9.73 Å². The second-order valence-corrected chi connectivity index (χ2v) is 6.29. The number of nitrogens with one attached hydrogen (secondary N) is 1. The summed E-state index contributed by atoms with van der Waals surface area (Å²) >= 11 is 0. The topological polar surface area (TPSA) is 37.4 Å². The molecule has 0 radical (unpaired) electrons. The first-order chi connectivity index (χ1) is 12.7. The lowest BCUT2D eigenvalue weighted by atomic mass is 10.1. The number of fused-ring (bicyclic) bond motifs is 1. The first-order valence-electron chi connectivity index (χ1n) is 8.60. The average molecular weight is 340 g/mol. The number of aromatic nitrogens is 1. The second kappa shape index (κ2) is 6.89. The van der Waals surface area contributed by atoms with Gasteiger partial charge in [0, 0.05) is 22.7 Å². The second-order valence-electron chi connectivity index (χ2n) is 6.29. The van der Waals surface area contributed by atoms with Crippen molar-refractivity contribution < 1.29 is 4.74 Å². The maximum atomic E-state index is 5.41. The number of ether oxygens (including phenoxy) is 1. The molecule has 3 nitrogen and oxygen atoms in total. The lowest BCUT2D eigenvalue weighted by molar-refractivity contribution is 0.415. The molecule has 26 heavy (non-hydrogen) atoms. The van der Waals surface area contributed by atoms with Crippen molar-refractivity contribution in [3.8, 4) is 17.0 Å². The van der Waals surface area contributed by atoms with Crippen molar-refractivity contribution >= 4 is 22.8 Å². The molecule has 0 bridgehead atoms. The van der Waals surface area contributed by atoms with Gasteiger partial charge in [-0.1, -0.05) is 42.5 Å². The minimum Gasteiger partial charge on any atom is -0.497 e. The van der Waals surface area contributed by atoms with E-state index in [2.05, 4.69) is 42.2 Å². The fourth-order valence-electron chi connectivity index (χ4n) is 3.13. The molecule has 4 aromatic rings. The number of hydrogen-bond donors (Lipinski definition) is 1. The largest absolute Gasteiger partial charge is 0.497 e. The molecule has 0 spiro atoms. The van der Waals surface area contributed by atoms with Crippen molar-refractivity contribution in [1.82, 2.24) is 4.98 Å². The molecule has 0 saturated carbocycles. The Morgan fingerprint density at radius 1 is 0.923 bits per heavy atom. The Morgan fingerprint density at radius 2 is 1.77 bits per heavy atom. The van der Waals surface area contributed by atoms with Gasteiger partial charge in [0.05, 0.1) is 18.5 Å². The normalized spacial score (nSPS) is 11.3. The summed E-state index contributed by atoms with van der Waals surface area (Å²) in [5.74, 6) is 0.835. The van der Waals surface area contributed by atoms with E-state index >= 15 is 0 Å². The Bertz CT molecular complexity index is 1080. The predicted molar refractivity (Wildman–Crippen MR) is 109 cm³/mol. The number of aromatic amines is 1. The average Bonchev–Trinajstić information content (AvgIpc) is 3.05. The molecule has 1 heterocycles. The lowest BCUT2D eigenvalue weighted by Gasteiger charge is -2.02. The van der Waals surface area contributed by atoms with Crippen LogP contribution >= 0.6 is 0 Å². The van der Waals surface area contributed by atoms with Gasteiger partial charge in [-0.15, -0.1) is 0 Å². The van der Waals surface area contributed by atoms with Gasteiger partial charge in [-0.05, 0) is 48.4 Å². The van der Waals surface area contributed by atoms with Gasteiger partial charge in [0.2, 0.25) is 0 Å². The summed E-state index contributed by atoms with van der Waals surface area (Å²) in [6.07, 6.45) is 1.94. The van der Waals surface area contributed by atoms with Crippen LogP contribution in [0.25, 0.3) is 22.2 Å². The van der Waals surface area contributed by atoms with Crippen molar-refractivity contribution in [2.75, 3.05) is 7.11 Å². The van der Waals surface area contributed by atoms with Gasteiger partial charge in [0.25, 0.3) is 0 Å². The zero-order valence-electron chi connectivity index (χ0n) is 14.9. The van der Waals surface area contributed by atoms with E-state index in [1.807, 2.05) is 48.7 Å². The van der Waals surface area contributed by atoms with E-state index in [9.17, 15) is 0 Å². The number of benzene rings is 3. The van der Waals surface area contributed by atoms with Crippen LogP contribution in [0.15, 0.2) is 77.8 Å². The number of methoxy groups -OCH3 is 1. The summed E-state index contributed by atoms with van der Waals surface area (Å²) in [7, 11) is 1.69. The standard InChI is InChI=1S/C23H20N2O/c1-16-7-6-10-18(13-16)24-15-21-20-14-19(26-2)11-12-22(20)25-23(21)17-8-4-3-5-9-17/h3-15,25H,1-2H3. The van der Waals surface area contributed by atoms with Crippen LogP contribution in [0.2, 0.25) is 0 Å². The highest BCUT2D eigenvalue weighted by Gasteiger charge is 2.12. The summed E-state index contributed by atoms with van der Waals surface area (Å²) in [6.45, 7) is 2.07. The summed E-state index contributed by atoms with van der Waals surface area (Å²) in [4.78, 5) is 8.25. The highest BCUT2D eigenvalue weighted by atomic mass is 16.5. The summed E-state index contributed by atoms with van der Waals surface area (Å²) in [5.41, 5.74) is 6.46. The third-order valence-corrected chi connectivity index (χ3v) is 4.45. The Morgan fingerprint density at radius 3 is 2.54 bits per heavy atom. The number of H-pyrrole nitrogens is 1. The monoisotopic (exact) mass is 340 g/mol. The molecule has 3 heteroatoms. The Kier molecular flexibility index (Phi) is 4.28. The summed E-state index contributed by atoms with van der Waals surface area (Å²) < 4.78 is 5.41. The Hall–Kier alpha value is -3.33. The predicted octanol–water partition coefficient (Wildman–Crippen LogP) is 5.90. The van der Waals surface area contributed by atoms with Gasteiger partial charge < -0.3 is 9.72 Å². The van der Waals surface area contributed by atoms with Gasteiger partial charge in [-0.25, -0.2) is 0 Å². The molecule has 0 aliphatic heterocycles. The number of hydrogen-bond acceptors (Lipinski definition) is 2. The van der Waals surface area contributed by atoms with Gasteiger partial charge in [0.1, 0.15) is 5.75 Å². The SMILES string of the molecule is COc1ccc2[nH]c(-c3ccccc3)c(C=Nc3cccc(C)c3)c2c1. The highest BCUT2D eigenvalue weighted by molar-refractivity contribution is 6.06. The van der Waals surface area contributed by atoms with E-state index in [-0.39, 0.29) is 0 Å². The maximum absolute atomic E-state index is 5.41. The smallest absolute Gasteiger partial charge is 0.119 e. The highest BCUT2D eigenvalue weighted by Crippen LogP contribution is 2.32. The molecule has 3 aromatic carbocycles. The molecule has 128 valence electrons. The molecule has 0 aliphatic rings. The number of aliphatic imine (C=N–C) groups is 1. The zero-order chi connectivity index (χ0) is 17.9. The van der Waals surface area contributed by atoms with Crippen LogP contribution in [0.5, 0.6) is 5.75 Å². The van der Waals surface area contributed by atoms with E-state index in [1.54, 1.807) is 7.11 Å². The van der Waals surface area contributed by atoms with Crippen molar-refractivity contribution in [2.24, 2.45) is 4.99 Å². The molecule has 1 aromatic heterocycles. The van der Waals surface area contributed by atoms with Crippen molar-refractivity contribution in [1.29, 1.82) is 0 Å². The zero-order valence-corrected chi connectivity index (χ0v) is 14.9. The van der Waals surface area contributed by atoms with Gasteiger partial charge >= 0.3 is 0 Å². The molecule has 4 rings (SSSR count). The molecular weight excluding hydrogens is 320 g/mol. The van der Waals surface area contributed by atoms with E-state index < -0.39 is 0 Å². The molecule has 0 amide bonds. The molecule has 0 unspecified atom stereocenters. The van der Waals surface area contributed by atoms with Gasteiger partial charge in [-0.2, -0.15) is 0 Å². The Labute approximate surface area is 153 Å². The van der Waals surface area contributed by atoms with Crippen LogP contribution in [-0.4, -0.2) is 18.3 Å².